The standard InChI is InChI=1S/C21H25N5O4S/c1-2-24-10-12-26(13-11-24)31(28,29)19-5-3-4-17(14-19)23-21(27)20-7-6-18(30-20)15-25-9-8-22-16-25/h3-9,14,16H,2,10-13,15H2,1H3,(H,23,27). The van der Waals surface area contributed by atoms with Crippen LogP contribution in [0.4, 0.5) is 5.69 Å². The monoisotopic (exact) mass is 443 g/mol. The molecule has 2 aromatic heterocycles. The van der Waals surface area contributed by atoms with Gasteiger partial charge in [-0.1, -0.05) is 13.0 Å². The highest BCUT2D eigenvalue weighted by Crippen LogP contribution is 2.22. The molecule has 10 heteroatoms. The number of furan rings is 1. The minimum absolute atomic E-state index is 0.152. The highest BCUT2D eigenvalue weighted by atomic mass is 32.2. The van der Waals surface area contributed by atoms with E-state index < -0.39 is 15.9 Å². The summed E-state index contributed by atoms with van der Waals surface area (Å²) >= 11 is 0. The van der Waals surface area contributed by atoms with E-state index in [1.807, 2.05) is 4.57 Å². The topological polar surface area (TPSA) is 101 Å². The lowest BCUT2D eigenvalue weighted by Gasteiger charge is -2.33. The van der Waals surface area contributed by atoms with Gasteiger partial charge in [0.1, 0.15) is 5.76 Å². The summed E-state index contributed by atoms with van der Waals surface area (Å²) in [4.78, 5) is 18.9. The molecule has 0 bridgehead atoms. The van der Waals surface area contributed by atoms with Crippen molar-refractivity contribution in [3.05, 3.63) is 66.6 Å². The molecule has 9 nitrogen and oxygen atoms in total. The van der Waals surface area contributed by atoms with Crippen molar-refractivity contribution in [3.63, 3.8) is 0 Å². The first kappa shape index (κ1) is 21.3. The van der Waals surface area contributed by atoms with E-state index in [1.54, 1.807) is 49.1 Å². The summed E-state index contributed by atoms with van der Waals surface area (Å²) in [5.41, 5.74) is 0.394. The molecule has 0 radical (unpaired) electrons. The van der Waals surface area contributed by atoms with Crippen LogP contribution < -0.4 is 5.32 Å². The molecule has 0 aliphatic carbocycles. The molecule has 1 fully saturated rings. The third-order valence-electron chi connectivity index (χ3n) is 5.29. The number of benzene rings is 1. The highest BCUT2D eigenvalue weighted by molar-refractivity contribution is 7.89. The van der Waals surface area contributed by atoms with Gasteiger partial charge in [-0.05, 0) is 36.9 Å². The van der Waals surface area contributed by atoms with Crippen molar-refractivity contribution in [2.45, 2.75) is 18.4 Å². The van der Waals surface area contributed by atoms with Crippen LogP contribution in [0.15, 0.2) is 64.4 Å². The van der Waals surface area contributed by atoms with E-state index in [-0.39, 0.29) is 10.7 Å². The van der Waals surface area contributed by atoms with Gasteiger partial charge in [0.25, 0.3) is 5.91 Å². The Bertz CT molecular complexity index is 1130. The lowest BCUT2D eigenvalue weighted by Crippen LogP contribution is -2.48. The van der Waals surface area contributed by atoms with Crippen molar-refractivity contribution in [1.82, 2.24) is 18.8 Å². The van der Waals surface area contributed by atoms with Gasteiger partial charge < -0.3 is 19.2 Å². The van der Waals surface area contributed by atoms with E-state index >= 15 is 0 Å². The summed E-state index contributed by atoms with van der Waals surface area (Å²) in [5.74, 6) is 0.327. The Kier molecular flexibility index (Phi) is 6.21. The molecule has 1 saturated heterocycles. The molecule has 3 heterocycles. The van der Waals surface area contributed by atoms with Crippen LogP contribution in [0.25, 0.3) is 0 Å². The van der Waals surface area contributed by atoms with Gasteiger partial charge in [0, 0.05) is 44.3 Å². The zero-order valence-corrected chi connectivity index (χ0v) is 18.1. The molecule has 1 amide bonds. The molecule has 31 heavy (non-hydrogen) atoms. The van der Waals surface area contributed by atoms with Crippen molar-refractivity contribution >= 4 is 21.6 Å². The Morgan fingerprint density at radius 3 is 2.68 bits per heavy atom. The van der Waals surface area contributed by atoms with Crippen LogP contribution in [-0.2, 0) is 16.6 Å². The van der Waals surface area contributed by atoms with Crippen LogP contribution in [0.3, 0.4) is 0 Å². The zero-order chi connectivity index (χ0) is 21.8. The van der Waals surface area contributed by atoms with Crippen LogP contribution >= 0.6 is 0 Å². The van der Waals surface area contributed by atoms with E-state index in [4.69, 9.17) is 4.42 Å². The molecule has 0 spiro atoms. The summed E-state index contributed by atoms with van der Waals surface area (Å²) in [5, 5.41) is 2.72. The zero-order valence-electron chi connectivity index (χ0n) is 17.3. The smallest absolute Gasteiger partial charge is 0.291 e. The number of imidazole rings is 1. The van der Waals surface area contributed by atoms with Gasteiger partial charge >= 0.3 is 0 Å². The van der Waals surface area contributed by atoms with Crippen molar-refractivity contribution in [2.75, 3.05) is 38.0 Å². The molecule has 3 aromatic rings. The highest BCUT2D eigenvalue weighted by Gasteiger charge is 2.28. The van der Waals surface area contributed by atoms with Crippen molar-refractivity contribution in [2.24, 2.45) is 0 Å². The fraction of sp³-hybridized carbons (Fsp3) is 0.333. The first-order valence-corrected chi connectivity index (χ1v) is 11.6. The summed E-state index contributed by atoms with van der Waals surface area (Å²) in [6.07, 6.45) is 5.13. The van der Waals surface area contributed by atoms with Crippen LogP contribution in [0.1, 0.15) is 23.2 Å². The summed E-state index contributed by atoms with van der Waals surface area (Å²) < 4.78 is 35.0. The number of likely N-dealkylation sites (N-methyl/N-ethyl adjacent to an activating group) is 1. The predicted octanol–water partition coefficient (Wildman–Crippen LogP) is 2.10. The molecule has 164 valence electrons. The maximum absolute atomic E-state index is 13.0. The number of nitrogens with one attached hydrogen (secondary N) is 1. The number of carbonyl (C=O) groups is 1. The predicted molar refractivity (Wildman–Crippen MR) is 115 cm³/mol. The van der Waals surface area contributed by atoms with Gasteiger partial charge in [-0.15, -0.1) is 0 Å². The second kappa shape index (κ2) is 9.04. The average molecular weight is 444 g/mol. The van der Waals surface area contributed by atoms with Crippen LogP contribution in [0.5, 0.6) is 0 Å². The minimum Gasteiger partial charge on any atom is -0.454 e. The SMILES string of the molecule is CCN1CCN(S(=O)(=O)c2cccc(NC(=O)c3ccc(Cn4ccnc4)o3)c2)CC1. The molecule has 4 rings (SSSR count). The van der Waals surface area contributed by atoms with E-state index in [0.29, 0.717) is 44.2 Å². The Balaban J connectivity index is 1.44. The van der Waals surface area contributed by atoms with Crippen molar-refractivity contribution < 1.29 is 17.6 Å². The first-order chi connectivity index (χ1) is 15.0. The number of nitrogens with zero attached hydrogens (tertiary/aromatic N) is 4. The summed E-state index contributed by atoms with van der Waals surface area (Å²) in [6.45, 7) is 5.78. The minimum atomic E-state index is -3.62. The molecule has 1 aliphatic heterocycles. The Morgan fingerprint density at radius 2 is 1.97 bits per heavy atom. The molecule has 0 saturated carbocycles. The van der Waals surface area contributed by atoms with E-state index in [9.17, 15) is 13.2 Å². The molecule has 1 aromatic carbocycles. The van der Waals surface area contributed by atoms with E-state index in [1.165, 1.54) is 10.4 Å². The fourth-order valence-electron chi connectivity index (χ4n) is 3.51. The number of hydrogen-bond acceptors (Lipinski definition) is 6. The number of hydrogen-bond donors (Lipinski definition) is 1. The van der Waals surface area contributed by atoms with Gasteiger partial charge in [-0.3, -0.25) is 4.79 Å². The van der Waals surface area contributed by atoms with Gasteiger partial charge in [0.2, 0.25) is 10.0 Å². The number of aromatic nitrogens is 2. The first-order valence-electron chi connectivity index (χ1n) is 10.1. The van der Waals surface area contributed by atoms with Gasteiger partial charge in [-0.2, -0.15) is 4.31 Å². The molecule has 1 N–H and O–H groups in total. The Morgan fingerprint density at radius 1 is 1.16 bits per heavy atom. The average Bonchev–Trinajstić information content (AvgIpc) is 3.47. The maximum atomic E-state index is 13.0. The summed E-state index contributed by atoms with van der Waals surface area (Å²) in [6, 6.07) is 9.63. The lowest BCUT2D eigenvalue weighted by atomic mass is 10.3. The second-order valence-electron chi connectivity index (χ2n) is 7.32. The Labute approximate surface area is 181 Å². The third-order valence-corrected chi connectivity index (χ3v) is 7.19. The molecular formula is C21H25N5O4S. The number of sulfonamides is 1. The largest absolute Gasteiger partial charge is 0.454 e. The lowest BCUT2D eigenvalue weighted by molar-refractivity contribution is 0.0994. The molecule has 0 atom stereocenters. The molecule has 0 unspecified atom stereocenters. The van der Waals surface area contributed by atoms with E-state index in [2.05, 4.69) is 22.1 Å². The quantitative estimate of drug-likeness (QED) is 0.600. The van der Waals surface area contributed by atoms with Gasteiger partial charge in [0.05, 0.1) is 17.8 Å². The number of carbonyl (C=O) groups excluding carboxylic acids is 1. The summed E-state index contributed by atoms with van der Waals surface area (Å²) in [7, 11) is -3.62. The van der Waals surface area contributed by atoms with Crippen molar-refractivity contribution in [3.8, 4) is 0 Å². The Hall–Kier alpha value is -2.95. The number of rotatable bonds is 7. The molecule has 1 aliphatic rings. The maximum Gasteiger partial charge on any atom is 0.291 e. The van der Waals surface area contributed by atoms with Gasteiger partial charge in [0.15, 0.2) is 5.76 Å². The molecular weight excluding hydrogens is 418 g/mol. The number of piperazine rings is 1. The second-order valence-corrected chi connectivity index (χ2v) is 9.26. The van der Waals surface area contributed by atoms with Crippen LogP contribution in [0, 0.1) is 0 Å². The normalized spacial score (nSPS) is 15.8. The van der Waals surface area contributed by atoms with Crippen molar-refractivity contribution in [1.29, 1.82) is 0 Å². The number of anilines is 1. The third kappa shape index (κ3) is 4.87. The van der Waals surface area contributed by atoms with Gasteiger partial charge in [-0.25, -0.2) is 13.4 Å². The fourth-order valence-corrected chi connectivity index (χ4v) is 4.98. The number of amides is 1. The van der Waals surface area contributed by atoms with E-state index in [0.717, 1.165) is 6.54 Å². The van der Waals surface area contributed by atoms with Crippen LogP contribution in [-0.4, -0.2) is 65.8 Å². The van der Waals surface area contributed by atoms with Crippen LogP contribution in [0.2, 0.25) is 0 Å².